The van der Waals surface area contributed by atoms with Gasteiger partial charge in [-0.1, -0.05) is 49.7 Å². The molecule has 1 N–H and O–H groups in total. The number of hydrogen-bond acceptors (Lipinski definition) is 2. The zero-order valence-electron chi connectivity index (χ0n) is 14.7. The number of rotatable bonds is 4. The van der Waals surface area contributed by atoms with Crippen molar-refractivity contribution < 1.29 is 9.90 Å². The molecular formula is C21H22ClNO2. The molecule has 0 fully saturated rings. The smallest absolute Gasteiger partial charge is 0.258 e. The number of aryl methyl sites for hydroxylation is 1. The van der Waals surface area contributed by atoms with Crippen LogP contribution in [0.4, 0.5) is 0 Å². The second-order valence-corrected chi connectivity index (χ2v) is 7.37. The zero-order chi connectivity index (χ0) is 18.1. The molecule has 25 heavy (non-hydrogen) atoms. The second kappa shape index (κ2) is 6.93. The topological polar surface area (TPSA) is 40.5 Å². The van der Waals surface area contributed by atoms with Gasteiger partial charge in [0.05, 0.1) is 12.1 Å². The van der Waals surface area contributed by atoms with Crippen LogP contribution in [0.15, 0.2) is 48.2 Å². The van der Waals surface area contributed by atoms with Crippen molar-refractivity contribution in [2.24, 2.45) is 5.92 Å². The summed E-state index contributed by atoms with van der Waals surface area (Å²) in [5.41, 5.74) is 4.21. The molecule has 2 aromatic rings. The summed E-state index contributed by atoms with van der Waals surface area (Å²) in [6.07, 6.45) is 0. The zero-order valence-corrected chi connectivity index (χ0v) is 15.5. The van der Waals surface area contributed by atoms with Gasteiger partial charge < -0.3 is 10.0 Å². The largest absolute Gasteiger partial charge is 0.510 e. The van der Waals surface area contributed by atoms with Gasteiger partial charge in [0.15, 0.2) is 0 Å². The molecular weight excluding hydrogens is 334 g/mol. The van der Waals surface area contributed by atoms with E-state index in [1.807, 2.05) is 49.4 Å². The molecule has 0 aliphatic carbocycles. The summed E-state index contributed by atoms with van der Waals surface area (Å²) in [5, 5.41) is 11.1. The average Bonchev–Trinajstić information content (AvgIpc) is 2.82. The van der Waals surface area contributed by atoms with Crippen LogP contribution in [0.5, 0.6) is 0 Å². The predicted octanol–water partition coefficient (Wildman–Crippen LogP) is 5.08. The molecule has 0 aromatic heterocycles. The van der Waals surface area contributed by atoms with Crippen molar-refractivity contribution in [3.63, 3.8) is 0 Å². The van der Waals surface area contributed by atoms with Crippen LogP contribution in [0.1, 0.15) is 25.0 Å². The third-order valence-electron chi connectivity index (χ3n) is 4.40. The van der Waals surface area contributed by atoms with Crippen molar-refractivity contribution in [2.75, 3.05) is 13.1 Å². The molecule has 0 saturated heterocycles. The van der Waals surface area contributed by atoms with Crippen molar-refractivity contribution in [3.05, 3.63) is 64.4 Å². The maximum absolute atomic E-state index is 12.8. The molecule has 2 aromatic carbocycles. The van der Waals surface area contributed by atoms with Crippen molar-refractivity contribution >= 4 is 23.1 Å². The van der Waals surface area contributed by atoms with E-state index in [0.29, 0.717) is 23.1 Å². The fraction of sp³-hybridized carbons (Fsp3) is 0.286. The first kappa shape index (κ1) is 17.6. The lowest BCUT2D eigenvalue weighted by molar-refractivity contribution is -0.124. The molecule has 0 radical (unpaired) electrons. The van der Waals surface area contributed by atoms with Crippen LogP contribution < -0.4 is 0 Å². The Balaban J connectivity index is 2.00. The van der Waals surface area contributed by atoms with Crippen molar-refractivity contribution in [1.82, 2.24) is 4.90 Å². The van der Waals surface area contributed by atoms with E-state index in [1.165, 1.54) is 0 Å². The lowest BCUT2D eigenvalue weighted by atomic mass is 9.95. The van der Waals surface area contributed by atoms with Gasteiger partial charge in [-0.2, -0.15) is 0 Å². The van der Waals surface area contributed by atoms with E-state index < -0.39 is 0 Å². The summed E-state index contributed by atoms with van der Waals surface area (Å²) in [5.74, 6) is 0.419. The van der Waals surface area contributed by atoms with Crippen molar-refractivity contribution in [1.29, 1.82) is 0 Å². The van der Waals surface area contributed by atoms with Gasteiger partial charge in [-0.15, -0.1) is 0 Å². The van der Waals surface area contributed by atoms with E-state index in [1.54, 1.807) is 4.90 Å². The number of amides is 1. The fourth-order valence-corrected chi connectivity index (χ4v) is 3.31. The normalized spacial score (nSPS) is 14.8. The average molecular weight is 356 g/mol. The summed E-state index contributed by atoms with van der Waals surface area (Å²) in [7, 11) is 0. The Morgan fingerprint density at radius 2 is 1.76 bits per heavy atom. The van der Waals surface area contributed by atoms with Crippen LogP contribution in [-0.4, -0.2) is 29.0 Å². The third kappa shape index (κ3) is 3.57. The number of halogens is 1. The summed E-state index contributed by atoms with van der Waals surface area (Å²) < 4.78 is 0. The minimum Gasteiger partial charge on any atom is -0.510 e. The van der Waals surface area contributed by atoms with Crippen LogP contribution in [0.3, 0.4) is 0 Å². The quantitative estimate of drug-likeness (QED) is 0.830. The molecule has 4 heteroatoms. The Hall–Kier alpha value is -2.26. The van der Waals surface area contributed by atoms with Gasteiger partial charge in [-0.25, -0.2) is 0 Å². The van der Waals surface area contributed by atoms with Gasteiger partial charge in [0.2, 0.25) is 0 Å². The van der Waals surface area contributed by atoms with Gasteiger partial charge >= 0.3 is 0 Å². The molecule has 130 valence electrons. The molecule has 0 bridgehead atoms. The number of nitrogens with zero attached hydrogens (tertiary/aromatic N) is 1. The maximum Gasteiger partial charge on any atom is 0.258 e. The highest BCUT2D eigenvalue weighted by molar-refractivity contribution is 6.30. The first-order valence-corrected chi connectivity index (χ1v) is 8.83. The van der Waals surface area contributed by atoms with Crippen molar-refractivity contribution in [3.8, 4) is 11.1 Å². The summed E-state index contributed by atoms with van der Waals surface area (Å²) in [4.78, 5) is 14.5. The summed E-state index contributed by atoms with van der Waals surface area (Å²) in [6.45, 7) is 7.02. The van der Waals surface area contributed by atoms with Gasteiger partial charge in [0.25, 0.3) is 5.91 Å². The third-order valence-corrected chi connectivity index (χ3v) is 4.65. The number of carbonyl (C=O) groups excluding carboxylic acids is 1. The van der Waals surface area contributed by atoms with Crippen LogP contribution in [0.2, 0.25) is 5.02 Å². The van der Waals surface area contributed by atoms with Crippen molar-refractivity contribution in [2.45, 2.75) is 20.8 Å². The molecule has 3 rings (SSSR count). The molecule has 0 saturated carbocycles. The minimum absolute atomic E-state index is 0.0949. The Morgan fingerprint density at radius 1 is 1.12 bits per heavy atom. The molecule has 1 amide bonds. The molecule has 0 spiro atoms. The van der Waals surface area contributed by atoms with E-state index in [4.69, 9.17) is 11.6 Å². The highest BCUT2D eigenvalue weighted by Crippen LogP contribution is 2.33. The van der Waals surface area contributed by atoms with E-state index in [-0.39, 0.29) is 18.2 Å². The predicted molar refractivity (Wildman–Crippen MR) is 103 cm³/mol. The van der Waals surface area contributed by atoms with E-state index in [9.17, 15) is 9.90 Å². The summed E-state index contributed by atoms with van der Waals surface area (Å²) >= 11 is 5.96. The standard InChI is InChI=1S/C21H22ClNO2/c1-13(2)11-23-12-19(24)20(21(23)25)18-10-16(5-4-14(18)3)15-6-8-17(22)9-7-15/h4-10,13,24H,11-12H2,1-3H3. The fourth-order valence-electron chi connectivity index (χ4n) is 3.19. The molecule has 0 atom stereocenters. The Kier molecular flexibility index (Phi) is 4.87. The highest BCUT2D eigenvalue weighted by atomic mass is 35.5. The Bertz CT molecular complexity index is 837. The number of aliphatic hydroxyl groups is 1. The molecule has 1 heterocycles. The SMILES string of the molecule is Cc1ccc(-c2ccc(Cl)cc2)cc1C1=C(O)CN(CC(C)C)C1=O. The number of carbonyl (C=O) groups is 1. The monoisotopic (exact) mass is 355 g/mol. The minimum atomic E-state index is -0.0949. The van der Waals surface area contributed by atoms with E-state index >= 15 is 0 Å². The lowest BCUT2D eigenvalue weighted by Crippen LogP contribution is -2.30. The second-order valence-electron chi connectivity index (χ2n) is 6.94. The number of hydrogen-bond donors (Lipinski definition) is 1. The molecule has 1 aliphatic heterocycles. The molecule has 1 aliphatic rings. The maximum atomic E-state index is 12.8. The first-order chi connectivity index (χ1) is 11.9. The van der Waals surface area contributed by atoms with E-state index in [0.717, 1.165) is 22.3 Å². The van der Waals surface area contributed by atoms with E-state index in [2.05, 4.69) is 13.8 Å². The number of aliphatic hydroxyl groups excluding tert-OH is 1. The Morgan fingerprint density at radius 3 is 2.40 bits per heavy atom. The van der Waals surface area contributed by atoms with Gasteiger partial charge in [0, 0.05) is 11.6 Å². The van der Waals surface area contributed by atoms with Gasteiger partial charge in [0.1, 0.15) is 5.76 Å². The lowest BCUT2D eigenvalue weighted by Gasteiger charge is -2.19. The van der Waals surface area contributed by atoms with Gasteiger partial charge in [-0.05, 0) is 53.3 Å². The first-order valence-electron chi connectivity index (χ1n) is 8.45. The van der Waals surface area contributed by atoms with Gasteiger partial charge in [-0.3, -0.25) is 4.79 Å². The summed E-state index contributed by atoms with van der Waals surface area (Å²) in [6, 6.07) is 13.6. The van der Waals surface area contributed by atoms with Crippen LogP contribution in [-0.2, 0) is 4.79 Å². The molecule has 3 nitrogen and oxygen atoms in total. The van der Waals surface area contributed by atoms with Crippen LogP contribution in [0, 0.1) is 12.8 Å². The Labute approximate surface area is 153 Å². The number of benzene rings is 2. The highest BCUT2D eigenvalue weighted by Gasteiger charge is 2.32. The van der Waals surface area contributed by atoms with Crippen LogP contribution >= 0.6 is 11.6 Å². The van der Waals surface area contributed by atoms with Crippen LogP contribution in [0.25, 0.3) is 16.7 Å². The molecule has 0 unspecified atom stereocenters.